The van der Waals surface area contributed by atoms with Crippen molar-refractivity contribution < 1.29 is 14.1 Å². The third-order valence-corrected chi connectivity index (χ3v) is 3.28. The van der Waals surface area contributed by atoms with Crippen LogP contribution in [0.2, 0.25) is 0 Å². The molecule has 1 aromatic heterocycles. The Kier molecular flexibility index (Phi) is 3.86. The first kappa shape index (κ1) is 13.2. The van der Waals surface area contributed by atoms with Crippen LogP contribution in [0.5, 0.6) is 0 Å². The summed E-state index contributed by atoms with van der Waals surface area (Å²) in [6, 6.07) is 6.77. The molecule has 0 aliphatic carbocycles. The van der Waals surface area contributed by atoms with Gasteiger partial charge in [0.2, 0.25) is 5.82 Å². The number of amides is 1. The Bertz CT molecular complexity index is 613. The highest BCUT2D eigenvalue weighted by Crippen LogP contribution is 2.18. The van der Waals surface area contributed by atoms with Gasteiger partial charge in [0.15, 0.2) is 0 Å². The topological polar surface area (TPSA) is 72.2 Å². The Morgan fingerprint density at radius 2 is 2.21 bits per heavy atom. The highest BCUT2D eigenvalue weighted by Gasteiger charge is 2.17. The maximum atomic E-state index is 13.1. The minimum absolute atomic E-state index is 0.0599. The fraction of sp³-hybridized carbons (Fsp3) is 0.0833. The molecule has 19 heavy (non-hydrogen) atoms. The number of carbonyl (C=O) groups is 1. The molecule has 0 spiro atoms. The molecule has 0 bridgehead atoms. The van der Waals surface area contributed by atoms with Crippen molar-refractivity contribution in [1.29, 1.82) is 0 Å². The highest BCUT2D eigenvalue weighted by molar-refractivity contribution is 7.09. The molecule has 5 nitrogen and oxygen atoms in total. The monoisotopic (exact) mass is 280 g/mol. The summed E-state index contributed by atoms with van der Waals surface area (Å²) in [7, 11) is 0. The van der Waals surface area contributed by atoms with Crippen molar-refractivity contribution in [1.82, 2.24) is 5.32 Å². The normalized spacial score (nSPS) is 10.2. The fourth-order valence-electron chi connectivity index (χ4n) is 1.48. The van der Waals surface area contributed by atoms with E-state index in [1.807, 2.05) is 17.5 Å². The van der Waals surface area contributed by atoms with Crippen LogP contribution in [0.4, 0.5) is 10.1 Å². The maximum Gasteiger partial charge on any atom is 0.305 e. The predicted molar refractivity (Wildman–Crippen MR) is 68.5 cm³/mol. The van der Waals surface area contributed by atoms with Gasteiger partial charge >= 0.3 is 5.69 Å². The standard InChI is InChI=1S/C12H9FN2O3S/c13-10-4-3-8(6-11(10)15(17)18)12(16)14-7-9-2-1-5-19-9/h1-6H,7H2,(H,14,16). The van der Waals surface area contributed by atoms with Gasteiger partial charge in [-0.25, -0.2) is 0 Å². The van der Waals surface area contributed by atoms with Gasteiger partial charge in [-0.1, -0.05) is 6.07 Å². The number of nitrogens with one attached hydrogen (secondary N) is 1. The minimum atomic E-state index is -0.959. The SMILES string of the molecule is O=C(NCc1cccs1)c1ccc(F)c([N+](=O)[O-])c1. The quantitative estimate of drug-likeness (QED) is 0.691. The molecule has 0 radical (unpaired) electrons. The number of hydrogen-bond acceptors (Lipinski definition) is 4. The van der Waals surface area contributed by atoms with Gasteiger partial charge < -0.3 is 5.32 Å². The molecule has 1 heterocycles. The van der Waals surface area contributed by atoms with Crippen molar-refractivity contribution in [3.63, 3.8) is 0 Å². The summed E-state index contributed by atoms with van der Waals surface area (Å²) in [5, 5.41) is 15.1. The van der Waals surface area contributed by atoms with Crippen molar-refractivity contribution in [3.8, 4) is 0 Å². The summed E-state index contributed by atoms with van der Waals surface area (Å²) in [5.74, 6) is -1.43. The van der Waals surface area contributed by atoms with Crippen LogP contribution in [-0.2, 0) is 6.54 Å². The number of carbonyl (C=O) groups excluding carboxylic acids is 1. The molecule has 1 aromatic carbocycles. The van der Waals surface area contributed by atoms with E-state index in [0.29, 0.717) is 6.54 Å². The number of benzene rings is 1. The number of nitro benzene ring substituents is 1. The van der Waals surface area contributed by atoms with E-state index in [1.165, 1.54) is 17.4 Å². The molecule has 0 fully saturated rings. The van der Waals surface area contributed by atoms with Gasteiger partial charge in [0.1, 0.15) is 0 Å². The van der Waals surface area contributed by atoms with Crippen LogP contribution >= 0.6 is 11.3 Å². The van der Waals surface area contributed by atoms with Gasteiger partial charge in [-0.05, 0) is 23.6 Å². The fourth-order valence-corrected chi connectivity index (χ4v) is 2.12. The lowest BCUT2D eigenvalue weighted by atomic mass is 10.2. The van der Waals surface area contributed by atoms with E-state index in [2.05, 4.69) is 5.32 Å². The molecule has 2 aromatic rings. The number of thiophene rings is 1. The lowest BCUT2D eigenvalue weighted by molar-refractivity contribution is -0.387. The van der Waals surface area contributed by atoms with E-state index in [1.54, 1.807) is 0 Å². The molecule has 98 valence electrons. The molecule has 2 rings (SSSR count). The largest absolute Gasteiger partial charge is 0.347 e. The van der Waals surface area contributed by atoms with Crippen LogP contribution in [0.25, 0.3) is 0 Å². The average Bonchev–Trinajstić information content (AvgIpc) is 2.89. The Balaban J connectivity index is 2.11. The van der Waals surface area contributed by atoms with Gasteiger partial charge in [0.25, 0.3) is 5.91 Å². The summed E-state index contributed by atoms with van der Waals surface area (Å²) in [5.41, 5.74) is -0.645. The molecule has 0 saturated heterocycles. The smallest absolute Gasteiger partial charge is 0.305 e. The summed E-state index contributed by atoms with van der Waals surface area (Å²) >= 11 is 1.49. The molecule has 0 aliphatic heterocycles. The molecule has 7 heteroatoms. The summed E-state index contributed by atoms with van der Waals surface area (Å²) < 4.78 is 13.1. The van der Waals surface area contributed by atoms with Crippen molar-refractivity contribution in [2.24, 2.45) is 0 Å². The van der Waals surface area contributed by atoms with E-state index in [9.17, 15) is 19.3 Å². The molecular weight excluding hydrogens is 271 g/mol. The molecule has 0 atom stereocenters. The number of hydrogen-bond donors (Lipinski definition) is 1. The van der Waals surface area contributed by atoms with Crippen LogP contribution in [-0.4, -0.2) is 10.8 Å². The second-order valence-corrected chi connectivity index (χ2v) is 4.72. The van der Waals surface area contributed by atoms with Crippen LogP contribution in [0.3, 0.4) is 0 Å². The number of nitrogens with zero attached hydrogens (tertiary/aromatic N) is 1. The summed E-state index contributed by atoms with van der Waals surface area (Å²) in [6.45, 7) is 0.335. The van der Waals surface area contributed by atoms with Crippen molar-refractivity contribution in [2.75, 3.05) is 0 Å². The first-order chi connectivity index (χ1) is 9.08. The van der Waals surface area contributed by atoms with E-state index in [4.69, 9.17) is 0 Å². The Labute approximate surface area is 111 Å². The third kappa shape index (κ3) is 3.14. The second-order valence-electron chi connectivity index (χ2n) is 3.69. The van der Waals surface area contributed by atoms with E-state index >= 15 is 0 Å². The molecule has 0 aliphatic rings. The Hall–Kier alpha value is -2.28. The molecule has 1 amide bonds. The lowest BCUT2D eigenvalue weighted by Crippen LogP contribution is -2.22. The van der Waals surface area contributed by atoms with Gasteiger partial charge in [-0.3, -0.25) is 14.9 Å². The minimum Gasteiger partial charge on any atom is -0.347 e. The molecule has 0 unspecified atom stereocenters. The zero-order valence-electron chi connectivity index (χ0n) is 9.63. The zero-order valence-corrected chi connectivity index (χ0v) is 10.4. The third-order valence-electron chi connectivity index (χ3n) is 2.41. The molecular formula is C12H9FN2O3S. The number of rotatable bonds is 4. The van der Waals surface area contributed by atoms with E-state index < -0.39 is 22.3 Å². The van der Waals surface area contributed by atoms with E-state index in [0.717, 1.165) is 17.0 Å². The number of nitro groups is 1. The van der Waals surface area contributed by atoms with Gasteiger partial charge in [-0.2, -0.15) is 4.39 Å². The van der Waals surface area contributed by atoms with Crippen LogP contribution in [0, 0.1) is 15.9 Å². The predicted octanol–water partition coefficient (Wildman–Crippen LogP) is 2.73. The van der Waals surface area contributed by atoms with Crippen molar-refractivity contribution in [3.05, 3.63) is 62.1 Å². The van der Waals surface area contributed by atoms with Crippen molar-refractivity contribution in [2.45, 2.75) is 6.54 Å². The second kappa shape index (κ2) is 5.57. The van der Waals surface area contributed by atoms with Crippen LogP contribution in [0.15, 0.2) is 35.7 Å². The highest BCUT2D eigenvalue weighted by atomic mass is 32.1. The maximum absolute atomic E-state index is 13.1. The van der Waals surface area contributed by atoms with Crippen LogP contribution < -0.4 is 5.32 Å². The van der Waals surface area contributed by atoms with Crippen molar-refractivity contribution >= 4 is 22.9 Å². The van der Waals surface area contributed by atoms with Gasteiger partial charge in [0.05, 0.1) is 11.5 Å². The summed E-state index contributed by atoms with van der Waals surface area (Å²) in [4.78, 5) is 22.5. The summed E-state index contributed by atoms with van der Waals surface area (Å²) in [6.07, 6.45) is 0. The Morgan fingerprint density at radius 3 is 2.84 bits per heavy atom. The molecule has 0 saturated carbocycles. The zero-order chi connectivity index (χ0) is 13.8. The average molecular weight is 280 g/mol. The van der Waals surface area contributed by atoms with Gasteiger partial charge in [-0.15, -0.1) is 11.3 Å². The number of halogens is 1. The van der Waals surface area contributed by atoms with Crippen LogP contribution in [0.1, 0.15) is 15.2 Å². The Morgan fingerprint density at radius 1 is 1.42 bits per heavy atom. The first-order valence-corrected chi connectivity index (χ1v) is 6.20. The lowest BCUT2D eigenvalue weighted by Gasteiger charge is -2.04. The first-order valence-electron chi connectivity index (χ1n) is 5.32. The van der Waals surface area contributed by atoms with Gasteiger partial charge in [0, 0.05) is 16.5 Å². The van der Waals surface area contributed by atoms with E-state index in [-0.39, 0.29) is 5.56 Å². The molecule has 1 N–H and O–H groups in total.